The van der Waals surface area contributed by atoms with Gasteiger partial charge in [0.2, 0.25) is 0 Å². The van der Waals surface area contributed by atoms with Crippen molar-refractivity contribution in [3.8, 4) is 0 Å². The number of alkyl halides is 1. The van der Waals surface area contributed by atoms with Gasteiger partial charge < -0.3 is 5.73 Å². The highest BCUT2D eigenvalue weighted by atomic mass is 35.5. The van der Waals surface area contributed by atoms with Crippen LogP contribution >= 0.6 is 11.6 Å². The Hall–Kier alpha value is -0.790. The Morgan fingerprint density at radius 1 is 0.708 bits per heavy atom. The molecule has 0 saturated heterocycles. The van der Waals surface area contributed by atoms with E-state index in [9.17, 15) is 0 Å². The lowest BCUT2D eigenvalue weighted by molar-refractivity contribution is 0.658. The fourth-order valence-electron chi connectivity index (χ4n) is 2.31. The van der Waals surface area contributed by atoms with Crippen LogP contribution in [0, 0.1) is 0 Å². The number of allylic oxidation sites excluding steroid dienone is 8. The van der Waals surface area contributed by atoms with Crippen molar-refractivity contribution < 1.29 is 0 Å². The maximum Gasteiger partial charge on any atom is 0.0458 e. The molecule has 138 valence electrons. The number of rotatable bonds is 16. The Morgan fingerprint density at radius 2 is 1.17 bits per heavy atom. The standard InChI is InChI=1S/C22H38ClN/c1-2-3-4-5-6-7-8-9-10-11-12-13-14-15-16-17-18-19-20-22(23)21-24/h6-7,9-10,12-13,15-16,22H,2-5,8,11,14,17-21,24H2,1H3/b7-6-,10-9-,13-12-,16-15-. The SMILES string of the molecule is CCCCC/C=C\C/C=C\C/C=C\C/C=C\CCCCC(Cl)CN. The van der Waals surface area contributed by atoms with Crippen molar-refractivity contribution in [3.63, 3.8) is 0 Å². The van der Waals surface area contributed by atoms with Gasteiger partial charge in [-0.25, -0.2) is 0 Å². The highest BCUT2D eigenvalue weighted by Gasteiger charge is 1.99. The third kappa shape index (κ3) is 19.3. The lowest BCUT2D eigenvalue weighted by Crippen LogP contribution is -2.13. The number of halogens is 1. The van der Waals surface area contributed by atoms with Gasteiger partial charge in [0, 0.05) is 11.9 Å². The highest BCUT2D eigenvalue weighted by molar-refractivity contribution is 6.20. The smallest absolute Gasteiger partial charge is 0.0458 e. The van der Waals surface area contributed by atoms with E-state index < -0.39 is 0 Å². The molecule has 1 unspecified atom stereocenters. The van der Waals surface area contributed by atoms with Gasteiger partial charge in [0.05, 0.1) is 0 Å². The molecule has 0 aromatic rings. The van der Waals surface area contributed by atoms with Gasteiger partial charge in [-0.05, 0) is 51.4 Å². The molecule has 1 nitrogen and oxygen atoms in total. The third-order valence-electron chi connectivity index (χ3n) is 3.85. The van der Waals surface area contributed by atoms with Crippen molar-refractivity contribution in [2.75, 3.05) is 6.54 Å². The minimum Gasteiger partial charge on any atom is -0.329 e. The molecule has 24 heavy (non-hydrogen) atoms. The summed E-state index contributed by atoms with van der Waals surface area (Å²) < 4.78 is 0. The first-order valence-corrected chi connectivity index (χ1v) is 10.2. The maximum atomic E-state index is 5.98. The zero-order chi connectivity index (χ0) is 17.7. The summed E-state index contributed by atoms with van der Waals surface area (Å²) in [6.07, 6.45) is 31.0. The summed E-state index contributed by atoms with van der Waals surface area (Å²) in [5.74, 6) is 0. The molecule has 0 rings (SSSR count). The molecule has 0 bridgehead atoms. The van der Waals surface area contributed by atoms with Crippen LogP contribution in [0.5, 0.6) is 0 Å². The fraction of sp³-hybridized carbons (Fsp3) is 0.636. The predicted octanol–water partition coefficient (Wildman–Crippen LogP) is 7.09. The topological polar surface area (TPSA) is 26.0 Å². The molecule has 2 N–H and O–H groups in total. The molecule has 2 heteroatoms. The van der Waals surface area contributed by atoms with Gasteiger partial charge in [-0.3, -0.25) is 0 Å². The summed E-state index contributed by atoms with van der Waals surface area (Å²) in [6.45, 7) is 2.84. The molecular weight excluding hydrogens is 314 g/mol. The number of hydrogen-bond donors (Lipinski definition) is 1. The summed E-state index contributed by atoms with van der Waals surface area (Å²) in [5.41, 5.74) is 5.49. The summed E-state index contributed by atoms with van der Waals surface area (Å²) in [4.78, 5) is 0. The van der Waals surface area contributed by atoms with Crippen molar-refractivity contribution in [1.29, 1.82) is 0 Å². The highest BCUT2D eigenvalue weighted by Crippen LogP contribution is 2.08. The number of hydrogen-bond acceptors (Lipinski definition) is 1. The normalized spacial score (nSPS) is 14.0. The average molecular weight is 352 g/mol. The molecule has 0 aliphatic rings. The van der Waals surface area contributed by atoms with E-state index in [0.717, 1.165) is 32.1 Å². The summed E-state index contributed by atoms with van der Waals surface area (Å²) in [7, 11) is 0. The molecule has 0 aromatic heterocycles. The van der Waals surface area contributed by atoms with Gasteiger partial charge in [0.15, 0.2) is 0 Å². The van der Waals surface area contributed by atoms with Gasteiger partial charge in [0.25, 0.3) is 0 Å². The Balaban J connectivity index is 3.39. The van der Waals surface area contributed by atoms with Crippen molar-refractivity contribution in [1.82, 2.24) is 0 Å². The van der Waals surface area contributed by atoms with E-state index in [2.05, 4.69) is 55.5 Å². The molecular formula is C22H38ClN. The first-order valence-electron chi connectivity index (χ1n) is 9.75. The monoisotopic (exact) mass is 351 g/mol. The van der Waals surface area contributed by atoms with E-state index in [1.54, 1.807) is 0 Å². The van der Waals surface area contributed by atoms with E-state index in [-0.39, 0.29) is 5.38 Å². The molecule has 1 atom stereocenters. The van der Waals surface area contributed by atoms with Gasteiger partial charge in [0.1, 0.15) is 0 Å². The van der Waals surface area contributed by atoms with Crippen molar-refractivity contribution in [3.05, 3.63) is 48.6 Å². The summed E-state index contributed by atoms with van der Waals surface area (Å²) >= 11 is 5.98. The van der Waals surface area contributed by atoms with Crippen LogP contribution in [0.4, 0.5) is 0 Å². The molecule has 0 aliphatic heterocycles. The Kier molecular flexibility index (Phi) is 19.6. The summed E-state index contributed by atoms with van der Waals surface area (Å²) in [5, 5.41) is 0.154. The van der Waals surface area contributed by atoms with Crippen LogP contribution in [0.3, 0.4) is 0 Å². The minimum absolute atomic E-state index is 0.154. The molecule has 0 amide bonds. The first-order chi connectivity index (χ1) is 11.8. The van der Waals surface area contributed by atoms with E-state index in [0.29, 0.717) is 6.54 Å². The van der Waals surface area contributed by atoms with Crippen LogP contribution in [-0.4, -0.2) is 11.9 Å². The number of nitrogens with two attached hydrogens (primary N) is 1. The van der Waals surface area contributed by atoms with E-state index >= 15 is 0 Å². The zero-order valence-electron chi connectivity index (χ0n) is 15.6. The second-order valence-electron chi connectivity index (χ2n) is 6.21. The molecule has 0 heterocycles. The van der Waals surface area contributed by atoms with Gasteiger partial charge >= 0.3 is 0 Å². The summed E-state index contributed by atoms with van der Waals surface area (Å²) in [6, 6.07) is 0. The van der Waals surface area contributed by atoms with Crippen molar-refractivity contribution >= 4 is 11.6 Å². The van der Waals surface area contributed by atoms with Crippen LogP contribution < -0.4 is 5.73 Å². The van der Waals surface area contributed by atoms with Crippen LogP contribution in [0.15, 0.2) is 48.6 Å². The van der Waals surface area contributed by atoms with E-state index in [4.69, 9.17) is 17.3 Å². The van der Waals surface area contributed by atoms with Gasteiger partial charge in [-0.15, -0.1) is 11.6 Å². The Morgan fingerprint density at radius 3 is 1.62 bits per heavy atom. The molecule has 0 aromatic carbocycles. The molecule has 0 spiro atoms. The van der Waals surface area contributed by atoms with Crippen LogP contribution in [0.25, 0.3) is 0 Å². The van der Waals surface area contributed by atoms with Crippen molar-refractivity contribution in [2.45, 2.75) is 82.9 Å². The third-order valence-corrected chi connectivity index (χ3v) is 4.25. The first kappa shape index (κ1) is 23.2. The lowest BCUT2D eigenvalue weighted by Gasteiger charge is -2.03. The van der Waals surface area contributed by atoms with Crippen LogP contribution in [0.1, 0.15) is 77.6 Å². The minimum atomic E-state index is 0.154. The fourth-order valence-corrected chi connectivity index (χ4v) is 2.46. The average Bonchev–Trinajstić information content (AvgIpc) is 2.60. The second kappa shape index (κ2) is 20.3. The molecule has 0 aliphatic carbocycles. The molecule has 0 saturated carbocycles. The Labute approximate surface area is 155 Å². The predicted molar refractivity (Wildman–Crippen MR) is 112 cm³/mol. The van der Waals surface area contributed by atoms with Crippen LogP contribution in [0.2, 0.25) is 0 Å². The number of unbranched alkanes of at least 4 members (excludes halogenated alkanes) is 5. The maximum absolute atomic E-state index is 5.98. The molecule has 0 radical (unpaired) electrons. The molecule has 0 fully saturated rings. The van der Waals surface area contributed by atoms with E-state index in [1.807, 2.05) is 0 Å². The lowest BCUT2D eigenvalue weighted by atomic mass is 10.1. The second-order valence-corrected chi connectivity index (χ2v) is 6.82. The van der Waals surface area contributed by atoms with Gasteiger partial charge in [-0.2, -0.15) is 0 Å². The van der Waals surface area contributed by atoms with Gasteiger partial charge in [-0.1, -0.05) is 74.8 Å². The van der Waals surface area contributed by atoms with Crippen LogP contribution in [-0.2, 0) is 0 Å². The quantitative estimate of drug-likeness (QED) is 0.179. The zero-order valence-corrected chi connectivity index (χ0v) is 16.4. The van der Waals surface area contributed by atoms with Crippen molar-refractivity contribution in [2.24, 2.45) is 5.73 Å². The Bertz CT molecular complexity index is 355. The van der Waals surface area contributed by atoms with E-state index in [1.165, 1.54) is 38.5 Å². The largest absolute Gasteiger partial charge is 0.329 e.